The molecule has 1 aromatic rings. The third-order valence-electron chi connectivity index (χ3n) is 2.85. The first kappa shape index (κ1) is 17.6. The summed E-state index contributed by atoms with van der Waals surface area (Å²) in [6.45, 7) is 8.96. The fourth-order valence-corrected chi connectivity index (χ4v) is 2.19. The predicted octanol–water partition coefficient (Wildman–Crippen LogP) is 1.31. The Morgan fingerprint density at radius 1 is 1.52 bits per heavy atom. The quantitative estimate of drug-likeness (QED) is 0.295. The molecule has 21 heavy (non-hydrogen) atoms. The monoisotopic (exact) mass is 310 g/mol. The minimum Gasteiger partial charge on any atom is -0.355 e. The average molecular weight is 310 g/mol. The number of hydrogen-bond donors (Lipinski definition) is 2. The van der Waals surface area contributed by atoms with Gasteiger partial charge in [-0.05, 0) is 18.4 Å². The van der Waals surface area contributed by atoms with Gasteiger partial charge >= 0.3 is 0 Å². The lowest BCUT2D eigenvalue weighted by Gasteiger charge is -2.12. The van der Waals surface area contributed by atoms with Gasteiger partial charge in [-0.2, -0.15) is 11.8 Å². The fourth-order valence-electron chi connectivity index (χ4n) is 1.78. The smallest absolute Gasteiger partial charge is 0.191 e. The molecule has 0 radical (unpaired) electrons. The minimum atomic E-state index is 0.710. The molecule has 0 unspecified atom stereocenters. The van der Waals surface area contributed by atoms with Crippen LogP contribution >= 0.6 is 11.8 Å². The molecule has 0 atom stereocenters. The van der Waals surface area contributed by atoms with E-state index in [-0.39, 0.29) is 0 Å². The summed E-state index contributed by atoms with van der Waals surface area (Å²) in [6, 6.07) is 0. The van der Waals surface area contributed by atoms with Crippen LogP contribution in [0.1, 0.15) is 19.2 Å². The van der Waals surface area contributed by atoms with Crippen LogP contribution in [0.2, 0.25) is 0 Å². The van der Waals surface area contributed by atoms with E-state index in [2.05, 4.69) is 50.1 Å². The van der Waals surface area contributed by atoms with E-state index < -0.39 is 0 Å². The molecule has 118 valence electrons. The second-order valence-corrected chi connectivity index (χ2v) is 5.45. The van der Waals surface area contributed by atoms with Crippen molar-refractivity contribution < 1.29 is 0 Å². The maximum Gasteiger partial charge on any atom is 0.191 e. The summed E-state index contributed by atoms with van der Waals surface area (Å²) in [5, 5.41) is 14.6. The van der Waals surface area contributed by atoms with Gasteiger partial charge in [-0.3, -0.25) is 4.99 Å². The molecular formula is C14H26N6S. The summed E-state index contributed by atoms with van der Waals surface area (Å²) in [5.74, 6) is 2.98. The predicted molar refractivity (Wildman–Crippen MR) is 90.9 cm³/mol. The van der Waals surface area contributed by atoms with Gasteiger partial charge in [0.15, 0.2) is 5.96 Å². The molecule has 7 heteroatoms. The zero-order valence-corrected chi connectivity index (χ0v) is 13.8. The van der Waals surface area contributed by atoms with Crippen molar-refractivity contribution in [2.45, 2.75) is 26.3 Å². The number of nitrogens with one attached hydrogen (secondary N) is 2. The van der Waals surface area contributed by atoms with Crippen molar-refractivity contribution in [3.8, 4) is 0 Å². The van der Waals surface area contributed by atoms with Crippen molar-refractivity contribution in [2.75, 3.05) is 31.6 Å². The molecule has 0 saturated heterocycles. The Labute approximate surface area is 131 Å². The Balaban J connectivity index is 2.39. The number of guanidine groups is 1. The molecule has 0 aromatic carbocycles. The molecule has 6 nitrogen and oxygen atoms in total. The van der Waals surface area contributed by atoms with Gasteiger partial charge in [0.05, 0.1) is 0 Å². The van der Waals surface area contributed by atoms with E-state index in [0.717, 1.165) is 50.0 Å². The summed E-state index contributed by atoms with van der Waals surface area (Å²) in [5.41, 5.74) is 0. The van der Waals surface area contributed by atoms with Gasteiger partial charge in [0.25, 0.3) is 0 Å². The van der Waals surface area contributed by atoms with Crippen molar-refractivity contribution in [3.05, 3.63) is 24.8 Å². The summed E-state index contributed by atoms with van der Waals surface area (Å²) < 4.78 is 2.06. The van der Waals surface area contributed by atoms with Crippen LogP contribution in [0, 0.1) is 0 Å². The first-order valence-electron chi connectivity index (χ1n) is 7.30. The second kappa shape index (κ2) is 11.2. The molecule has 1 aromatic heterocycles. The Morgan fingerprint density at radius 3 is 3.10 bits per heavy atom. The maximum absolute atomic E-state index is 4.55. The van der Waals surface area contributed by atoms with E-state index in [9.17, 15) is 0 Å². The van der Waals surface area contributed by atoms with Crippen molar-refractivity contribution in [1.82, 2.24) is 25.4 Å². The highest BCUT2D eigenvalue weighted by atomic mass is 32.2. The van der Waals surface area contributed by atoms with Crippen molar-refractivity contribution in [2.24, 2.45) is 4.99 Å². The Kier molecular flexibility index (Phi) is 9.35. The molecule has 0 spiro atoms. The Hall–Kier alpha value is -1.50. The highest BCUT2D eigenvalue weighted by molar-refractivity contribution is 7.98. The first-order chi connectivity index (χ1) is 10.3. The lowest BCUT2D eigenvalue weighted by atomic mass is 10.4. The third-order valence-corrected chi connectivity index (χ3v) is 3.54. The van der Waals surface area contributed by atoms with E-state index in [1.165, 1.54) is 0 Å². The SMILES string of the molecule is C=CCNC(=NCCCSC)NCCn1cnnc1CC. The van der Waals surface area contributed by atoms with Gasteiger partial charge in [-0.15, -0.1) is 16.8 Å². The number of aliphatic imine (C=N–C) groups is 1. The van der Waals surface area contributed by atoms with Gasteiger partial charge in [-0.1, -0.05) is 13.0 Å². The number of aryl methyl sites for hydroxylation is 1. The van der Waals surface area contributed by atoms with Crippen molar-refractivity contribution in [1.29, 1.82) is 0 Å². The highest BCUT2D eigenvalue weighted by Crippen LogP contribution is 1.96. The van der Waals surface area contributed by atoms with Crippen molar-refractivity contribution in [3.63, 3.8) is 0 Å². The zero-order chi connectivity index (χ0) is 15.3. The second-order valence-electron chi connectivity index (χ2n) is 4.47. The van der Waals surface area contributed by atoms with Crippen LogP contribution in [-0.4, -0.2) is 52.4 Å². The summed E-state index contributed by atoms with van der Waals surface area (Å²) >= 11 is 1.85. The number of nitrogens with zero attached hydrogens (tertiary/aromatic N) is 4. The number of rotatable bonds is 10. The van der Waals surface area contributed by atoms with Crippen LogP contribution in [0.4, 0.5) is 0 Å². The van der Waals surface area contributed by atoms with E-state index in [1.807, 2.05) is 17.8 Å². The lowest BCUT2D eigenvalue weighted by Crippen LogP contribution is -2.39. The van der Waals surface area contributed by atoms with Crippen LogP contribution in [0.5, 0.6) is 0 Å². The molecule has 0 aliphatic heterocycles. The van der Waals surface area contributed by atoms with Gasteiger partial charge in [0, 0.05) is 32.6 Å². The summed E-state index contributed by atoms with van der Waals surface area (Å²) in [4.78, 5) is 4.55. The summed E-state index contributed by atoms with van der Waals surface area (Å²) in [7, 11) is 0. The molecular weight excluding hydrogens is 284 g/mol. The van der Waals surface area contributed by atoms with E-state index in [0.29, 0.717) is 6.54 Å². The van der Waals surface area contributed by atoms with E-state index in [4.69, 9.17) is 0 Å². The molecule has 0 aliphatic carbocycles. The van der Waals surface area contributed by atoms with Crippen LogP contribution in [0.3, 0.4) is 0 Å². The van der Waals surface area contributed by atoms with Gasteiger partial charge in [0.2, 0.25) is 0 Å². The molecule has 0 bridgehead atoms. The van der Waals surface area contributed by atoms with E-state index in [1.54, 1.807) is 6.33 Å². The van der Waals surface area contributed by atoms with Gasteiger partial charge in [-0.25, -0.2) is 0 Å². The number of hydrogen-bond acceptors (Lipinski definition) is 4. The summed E-state index contributed by atoms with van der Waals surface area (Å²) in [6.07, 6.45) is 7.70. The van der Waals surface area contributed by atoms with Crippen LogP contribution in [-0.2, 0) is 13.0 Å². The zero-order valence-electron chi connectivity index (χ0n) is 13.0. The third kappa shape index (κ3) is 7.17. The number of aromatic nitrogens is 3. The molecule has 0 amide bonds. The van der Waals surface area contributed by atoms with Gasteiger partial charge in [0.1, 0.15) is 12.2 Å². The van der Waals surface area contributed by atoms with Crippen LogP contribution in [0.15, 0.2) is 24.0 Å². The molecule has 0 saturated carbocycles. The molecule has 1 rings (SSSR count). The molecule has 2 N–H and O–H groups in total. The Bertz CT molecular complexity index is 429. The standard InChI is InChI=1S/C14H26N6S/c1-4-7-15-14(16-8-6-11-21-3)17-9-10-20-12-18-19-13(20)5-2/h4,12H,1,5-11H2,2-3H3,(H2,15,16,17). The number of thioether (sulfide) groups is 1. The topological polar surface area (TPSA) is 67.1 Å². The largest absolute Gasteiger partial charge is 0.355 e. The normalized spacial score (nSPS) is 11.4. The van der Waals surface area contributed by atoms with Gasteiger partial charge < -0.3 is 15.2 Å². The van der Waals surface area contributed by atoms with E-state index >= 15 is 0 Å². The molecule has 0 fully saturated rings. The highest BCUT2D eigenvalue weighted by Gasteiger charge is 2.02. The molecule has 1 heterocycles. The van der Waals surface area contributed by atoms with Crippen LogP contribution < -0.4 is 10.6 Å². The van der Waals surface area contributed by atoms with Crippen LogP contribution in [0.25, 0.3) is 0 Å². The fraction of sp³-hybridized carbons (Fsp3) is 0.643. The first-order valence-corrected chi connectivity index (χ1v) is 8.69. The minimum absolute atomic E-state index is 0.710. The molecule has 0 aliphatic rings. The lowest BCUT2D eigenvalue weighted by molar-refractivity contribution is 0.633. The average Bonchev–Trinajstić information content (AvgIpc) is 2.95. The maximum atomic E-state index is 4.55. The Morgan fingerprint density at radius 2 is 2.38 bits per heavy atom. The van der Waals surface area contributed by atoms with Crippen molar-refractivity contribution >= 4 is 17.7 Å².